The van der Waals surface area contributed by atoms with Crippen molar-refractivity contribution >= 4 is 56.2 Å². The lowest BCUT2D eigenvalue weighted by Gasteiger charge is -2.24. The van der Waals surface area contributed by atoms with Crippen LogP contribution in [0.3, 0.4) is 0 Å². The third kappa shape index (κ3) is 10.9. The van der Waals surface area contributed by atoms with Crippen molar-refractivity contribution < 1.29 is 33.2 Å². The highest BCUT2D eigenvalue weighted by molar-refractivity contribution is 7.94. The van der Waals surface area contributed by atoms with E-state index in [1.807, 2.05) is 27.7 Å². The first-order chi connectivity index (χ1) is 26.9. The molecule has 0 bridgehead atoms. The summed E-state index contributed by atoms with van der Waals surface area (Å²) in [5.41, 5.74) is 7.00. The fourth-order valence-corrected chi connectivity index (χ4v) is 9.95. The Kier molecular flexibility index (Phi) is 13.0. The summed E-state index contributed by atoms with van der Waals surface area (Å²) in [5.74, 6) is -2.46. The second-order valence-corrected chi connectivity index (χ2v) is 17.4. The molecule has 0 fully saturated rings. The van der Waals surface area contributed by atoms with E-state index < -0.39 is 55.9 Å². The van der Waals surface area contributed by atoms with Gasteiger partial charge in [-0.05, 0) is 37.1 Å². The lowest BCUT2D eigenvalue weighted by atomic mass is 9.82. The lowest BCUT2D eigenvalue weighted by molar-refractivity contribution is -0.139. The van der Waals surface area contributed by atoms with Gasteiger partial charge in [0.1, 0.15) is 6.04 Å². The number of hydrogen-bond donors (Lipinski definition) is 6. The number of amides is 3. The fraction of sp³-hybridized carbons (Fsp3) is 0.500. The van der Waals surface area contributed by atoms with Gasteiger partial charge in [0.15, 0.2) is 11.2 Å². The average molecular weight is 809 g/mol. The van der Waals surface area contributed by atoms with Crippen molar-refractivity contribution in [1.29, 1.82) is 0 Å². The van der Waals surface area contributed by atoms with Gasteiger partial charge in [-0.2, -0.15) is 9.35 Å². The van der Waals surface area contributed by atoms with Crippen LogP contribution in [-0.4, -0.2) is 105 Å². The summed E-state index contributed by atoms with van der Waals surface area (Å²) in [6, 6.07) is 4.94. The maximum Gasteiger partial charge on any atom is 0.326 e. The van der Waals surface area contributed by atoms with E-state index in [2.05, 4.69) is 50.6 Å². The van der Waals surface area contributed by atoms with Gasteiger partial charge in [-0.3, -0.25) is 28.8 Å². The second kappa shape index (κ2) is 17.5. The topological polar surface area (TPSA) is 292 Å². The zero-order chi connectivity index (χ0) is 41.5. The number of carbonyl (C=O) groups excluding carboxylic acids is 3. The molecule has 3 aromatic heterocycles. The maximum atomic E-state index is 14.0. The van der Waals surface area contributed by atoms with Crippen LogP contribution in [-0.2, 0) is 53.3 Å². The molecule has 0 aliphatic carbocycles. The normalized spacial score (nSPS) is 17.5. The van der Waals surface area contributed by atoms with Crippen LogP contribution in [0.4, 0.5) is 11.6 Å². The van der Waals surface area contributed by atoms with Crippen LogP contribution in [0, 0.1) is 0 Å². The largest absolute Gasteiger partial charge is 0.480 e. The molecule has 1 unspecified atom stereocenters. The number of aromatic nitrogens is 7. The van der Waals surface area contributed by atoms with Crippen LogP contribution in [0.15, 0.2) is 39.6 Å². The van der Waals surface area contributed by atoms with Crippen molar-refractivity contribution in [2.24, 2.45) is 11.4 Å². The summed E-state index contributed by atoms with van der Waals surface area (Å²) in [6.45, 7) is 8.53. The third-order valence-corrected chi connectivity index (χ3v) is 12.0. The van der Waals surface area contributed by atoms with E-state index in [0.717, 1.165) is 11.4 Å². The molecule has 0 saturated carbocycles. The summed E-state index contributed by atoms with van der Waals surface area (Å²) in [7, 11) is -1.08. The van der Waals surface area contributed by atoms with Gasteiger partial charge < -0.3 is 31.5 Å². The van der Waals surface area contributed by atoms with Crippen molar-refractivity contribution in [3.63, 3.8) is 0 Å². The Hall–Kier alpha value is -5.83. The molecule has 0 saturated heterocycles. The minimum Gasteiger partial charge on any atom is -0.480 e. The molecular weight excluding hydrogens is 761 g/mol. The van der Waals surface area contributed by atoms with Gasteiger partial charge in [-0.25, -0.2) is 19.0 Å². The van der Waals surface area contributed by atoms with E-state index in [9.17, 15) is 33.3 Å². The van der Waals surface area contributed by atoms with Crippen LogP contribution in [0.1, 0.15) is 80.8 Å². The Morgan fingerprint density at radius 3 is 2.51 bits per heavy atom. The summed E-state index contributed by atoms with van der Waals surface area (Å²) in [4.78, 5) is 76.6. The minimum atomic E-state index is -2.88. The maximum absolute atomic E-state index is 14.0. The van der Waals surface area contributed by atoms with Gasteiger partial charge >= 0.3 is 5.97 Å². The number of ether oxygens (including phenoxy) is 1. The predicted molar refractivity (Wildman–Crippen MR) is 210 cm³/mol. The molecule has 7 N–H and O–H groups in total. The van der Waals surface area contributed by atoms with Gasteiger partial charge in [0.05, 0.1) is 46.2 Å². The Morgan fingerprint density at radius 2 is 1.79 bits per heavy atom. The molecule has 21 heteroatoms. The molecule has 3 amide bonds. The highest BCUT2D eigenvalue weighted by Crippen LogP contribution is 2.39. The fourth-order valence-electron chi connectivity index (χ4n) is 6.72. The molecule has 4 heterocycles. The molecule has 57 heavy (non-hydrogen) atoms. The highest BCUT2D eigenvalue weighted by atomic mass is 32.2. The monoisotopic (exact) mass is 808 g/mol. The van der Waals surface area contributed by atoms with Gasteiger partial charge in [-0.15, -0.1) is 5.10 Å². The average Bonchev–Trinajstić information content (AvgIpc) is 3.52. The number of fused-ring (bicyclic) bond motifs is 2. The number of benzene rings is 1. The summed E-state index contributed by atoms with van der Waals surface area (Å²) < 4.78 is 25.4. The molecule has 306 valence electrons. The number of nitrogens with zero attached hydrogens (tertiary/aromatic N) is 7. The zero-order valence-electron chi connectivity index (χ0n) is 32.5. The number of carboxylic acid groups (broad SMARTS) is 1. The molecule has 20 nitrogen and oxygen atoms in total. The second-order valence-electron chi connectivity index (χ2n) is 15.1. The van der Waals surface area contributed by atoms with Crippen molar-refractivity contribution in [2.45, 2.75) is 76.8 Å². The van der Waals surface area contributed by atoms with Gasteiger partial charge in [0.25, 0.3) is 17.4 Å². The molecule has 1 aromatic carbocycles. The lowest BCUT2D eigenvalue weighted by Crippen LogP contribution is -2.41. The Bertz CT molecular complexity index is 2330. The van der Waals surface area contributed by atoms with Crippen LogP contribution in [0.2, 0.25) is 0 Å². The zero-order valence-corrected chi connectivity index (χ0v) is 33.3. The van der Waals surface area contributed by atoms with Crippen LogP contribution < -0.4 is 27.2 Å². The number of nitrogens with one attached hydrogen (secondary N) is 4. The summed E-state index contributed by atoms with van der Waals surface area (Å²) in [5, 5.41) is 26.4. The molecule has 1 aliphatic heterocycles. The predicted octanol–water partition coefficient (Wildman–Crippen LogP) is 1.18. The molecule has 1 aliphatic rings. The standard InChI is InChI=1S/C36H48N12O8S/c1-35(2)19-57(55,20-36(3,4)29-28(35)45-47-48(29)5)46-26(50)7-6-15-56-16-14-38-25(49)13-12-24(33(53)54)42-31(51)21-8-10-22(11-9-21)39-17-23-18-40-30-27(41-23)32(52)44-34(37)43-30/h8-11,18,24,39H,6-7,12-17,19-20H2,1-5H3,(H,38,49)(H,42,51)(H,53,54)(H3,37,40,43,44,52)/t24-,57?/m0/s1. The third-order valence-electron chi connectivity index (χ3n) is 9.17. The Labute approximate surface area is 328 Å². The highest BCUT2D eigenvalue weighted by Gasteiger charge is 2.44. The van der Waals surface area contributed by atoms with E-state index in [-0.39, 0.29) is 79.7 Å². The van der Waals surface area contributed by atoms with E-state index in [0.29, 0.717) is 17.8 Å². The first-order valence-electron chi connectivity index (χ1n) is 18.3. The van der Waals surface area contributed by atoms with Crippen LogP contribution in [0.5, 0.6) is 0 Å². The molecular formula is C36H48N12O8S. The number of anilines is 2. The summed E-state index contributed by atoms with van der Waals surface area (Å²) in [6.07, 6.45) is 1.56. The molecule has 2 atom stereocenters. The van der Waals surface area contributed by atoms with Crippen molar-refractivity contribution in [3.8, 4) is 0 Å². The van der Waals surface area contributed by atoms with Crippen LogP contribution in [0.25, 0.3) is 11.2 Å². The van der Waals surface area contributed by atoms with Crippen molar-refractivity contribution in [1.82, 2.24) is 45.6 Å². The minimum absolute atomic E-state index is 0.0455. The molecule has 4 aromatic rings. The molecule has 0 spiro atoms. The first kappa shape index (κ1) is 42.3. The van der Waals surface area contributed by atoms with Gasteiger partial charge in [0, 0.05) is 66.6 Å². The van der Waals surface area contributed by atoms with E-state index in [1.54, 1.807) is 23.9 Å². The Balaban J connectivity index is 0.987. The number of hydrogen-bond acceptors (Lipinski definition) is 14. The number of aromatic amines is 1. The van der Waals surface area contributed by atoms with Crippen LogP contribution >= 0.6 is 0 Å². The van der Waals surface area contributed by atoms with Gasteiger partial charge in [0.2, 0.25) is 11.9 Å². The quantitative estimate of drug-likeness (QED) is 0.0867. The number of carboxylic acids is 1. The number of aliphatic carboxylic acids is 1. The number of aryl methyl sites for hydroxylation is 1. The number of H-pyrrole nitrogens is 1. The SMILES string of the molecule is Cn1nnc2c1C(C)(C)CS(=O)(=NC(=O)CCCOCCNC(=O)CC[C@H](NC(=O)c1ccc(NCc3cnc4nc(N)[nH]c(=O)c4n3)cc1)C(=O)O)CC2(C)C. The van der Waals surface area contributed by atoms with E-state index >= 15 is 0 Å². The first-order valence-corrected chi connectivity index (χ1v) is 20.1. The van der Waals surface area contributed by atoms with E-state index in [1.165, 1.54) is 18.3 Å². The van der Waals surface area contributed by atoms with Gasteiger partial charge in [-0.1, -0.05) is 32.9 Å². The number of carbonyl (C=O) groups is 4. The van der Waals surface area contributed by atoms with Crippen molar-refractivity contribution in [3.05, 3.63) is 63.5 Å². The number of nitrogen functional groups attached to an aromatic ring is 1. The molecule has 0 radical (unpaired) electrons. The smallest absolute Gasteiger partial charge is 0.326 e. The molecule has 5 rings (SSSR count). The van der Waals surface area contributed by atoms with Crippen molar-refractivity contribution in [2.75, 3.05) is 42.3 Å². The number of rotatable bonds is 16. The van der Waals surface area contributed by atoms with E-state index in [4.69, 9.17) is 10.5 Å². The number of nitrogens with two attached hydrogens (primary N) is 1. The summed E-state index contributed by atoms with van der Waals surface area (Å²) >= 11 is 0. The Morgan fingerprint density at radius 1 is 1.07 bits per heavy atom.